The minimum atomic E-state index is 0.218. The van der Waals surface area contributed by atoms with E-state index in [-0.39, 0.29) is 5.78 Å². The molecule has 0 N–H and O–H groups in total. The van der Waals surface area contributed by atoms with E-state index in [0.29, 0.717) is 6.42 Å². The number of hydrogen-bond acceptors (Lipinski definition) is 1. The molecule has 1 aromatic rings. The normalized spacial score (nSPS) is 7.80. The molecule has 0 radical (unpaired) electrons. The maximum Gasteiger partial charge on any atom is 0.162 e. The Morgan fingerprint density at radius 2 is 1.60 bits per heavy atom. The van der Waals surface area contributed by atoms with Crippen LogP contribution in [0.15, 0.2) is 24.8 Å². The average molecular weight is 278 g/mol. The van der Waals surface area contributed by atoms with E-state index >= 15 is 0 Å². The van der Waals surface area contributed by atoms with Gasteiger partial charge in [-0.1, -0.05) is 73.3 Å². The number of Topliss-reactive ketones (excluding diaryl/α,β-unsaturated/α-hetero) is 1. The van der Waals surface area contributed by atoms with E-state index in [0.717, 1.165) is 23.1 Å². The van der Waals surface area contributed by atoms with Gasteiger partial charge >= 0.3 is 0 Å². The van der Waals surface area contributed by atoms with Gasteiger partial charge in [-0.3, -0.25) is 4.79 Å². The van der Waals surface area contributed by atoms with Crippen LogP contribution in [0.4, 0.5) is 0 Å². The van der Waals surface area contributed by atoms with Gasteiger partial charge in [0, 0.05) is 12.0 Å². The Morgan fingerprint density at radius 1 is 1.10 bits per heavy atom. The molecular formula is C19H34O. The maximum atomic E-state index is 11.6. The first-order valence-corrected chi connectivity index (χ1v) is 7.95. The van der Waals surface area contributed by atoms with Crippen molar-refractivity contribution in [3.63, 3.8) is 0 Å². The second-order valence-corrected chi connectivity index (χ2v) is 3.45. The van der Waals surface area contributed by atoms with E-state index in [1.165, 1.54) is 0 Å². The molecule has 0 aliphatic rings. The van der Waals surface area contributed by atoms with Crippen LogP contribution >= 0.6 is 0 Å². The Morgan fingerprint density at radius 3 is 2.00 bits per heavy atom. The minimum Gasteiger partial charge on any atom is -0.294 e. The third kappa shape index (κ3) is 9.55. The summed E-state index contributed by atoms with van der Waals surface area (Å²) in [6, 6.07) is 5.78. The lowest BCUT2D eigenvalue weighted by atomic mass is 10.0. The van der Waals surface area contributed by atoms with Gasteiger partial charge in [-0.2, -0.15) is 0 Å². The fraction of sp³-hybridized carbons (Fsp3) is 0.526. The standard InChI is InChI=1S/C13H16O.3C2H6/c1-4-6-13(14)12-8-7-10(3)11(5-2)9-12;3*1-2/h5,7-9H,2,4,6H2,1,3H3;3*1-2H3. The number of hydrogen-bond donors (Lipinski definition) is 0. The lowest BCUT2D eigenvalue weighted by Crippen LogP contribution is -1.98. The molecule has 116 valence electrons. The highest BCUT2D eigenvalue weighted by Gasteiger charge is 2.05. The van der Waals surface area contributed by atoms with Crippen molar-refractivity contribution < 1.29 is 4.79 Å². The van der Waals surface area contributed by atoms with Crippen LogP contribution in [0.1, 0.15) is 82.8 Å². The van der Waals surface area contributed by atoms with Gasteiger partial charge in [0.05, 0.1) is 0 Å². The fourth-order valence-electron chi connectivity index (χ4n) is 1.41. The molecular weight excluding hydrogens is 244 g/mol. The molecule has 20 heavy (non-hydrogen) atoms. The van der Waals surface area contributed by atoms with E-state index in [1.54, 1.807) is 6.08 Å². The Bertz CT molecular complexity index is 351. The zero-order chi connectivity index (χ0) is 16.6. The SMILES string of the molecule is C=Cc1cc(C(=O)CCC)ccc1C.CC.CC.CC. The summed E-state index contributed by atoms with van der Waals surface area (Å²) < 4.78 is 0. The molecule has 1 aromatic carbocycles. The Labute approximate surface area is 127 Å². The molecule has 0 saturated carbocycles. The van der Waals surface area contributed by atoms with Crippen molar-refractivity contribution in [2.24, 2.45) is 0 Å². The molecule has 0 heterocycles. The van der Waals surface area contributed by atoms with Gasteiger partial charge in [-0.25, -0.2) is 0 Å². The van der Waals surface area contributed by atoms with Crippen molar-refractivity contribution in [2.45, 2.75) is 68.2 Å². The molecule has 1 rings (SSSR count). The highest BCUT2D eigenvalue weighted by atomic mass is 16.1. The molecule has 0 amide bonds. The third-order valence-corrected chi connectivity index (χ3v) is 2.30. The number of rotatable bonds is 4. The summed E-state index contributed by atoms with van der Waals surface area (Å²) in [5.41, 5.74) is 3.01. The van der Waals surface area contributed by atoms with Crippen molar-refractivity contribution in [2.75, 3.05) is 0 Å². The van der Waals surface area contributed by atoms with E-state index in [9.17, 15) is 4.79 Å². The Balaban J connectivity index is -0.000000425. The lowest BCUT2D eigenvalue weighted by molar-refractivity contribution is 0.0981. The molecule has 0 atom stereocenters. The van der Waals surface area contributed by atoms with Crippen LogP contribution in [0.25, 0.3) is 6.08 Å². The molecule has 1 nitrogen and oxygen atoms in total. The smallest absolute Gasteiger partial charge is 0.162 e. The van der Waals surface area contributed by atoms with E-state index < -0.39 is 0 Å². The molecule has 0 spiro atoms. The van der Waals surface area contributed by atoms with Crippen molar-refractivity contribution in [1.82, 2.24) is 0 Å². The lowest BCUT2D eigenvalue weighted by Gasteiger charge is -2.03. The topological polar surface area (TPSA) is 17.1 Å². The van der Waals surface area contributed by atoms with Crippen LogP contribution in [0, 0.1) is 6.92 Å². The molecule has 0 aromatic heterocycles. The summed E-state index contributed by atoms with van der Waals surface area (Å²) >= 11 is 0. The van der Waals surface area contributed by atoms with Crippen molar-refractivity contribution in [1.29, 1.82) is 0 Å². The van der Waals surface area contributed by atoms with E-state index in [1.807, 2.05) is 73.6 Å². The first kappa shape index (κ1) is 23.7. The van der Waals surface area contributed by atoms with Gasteiger partial charge in [0.25, 0.3) is 0 Å². The van der Waals surface area contributed by atoms with Crippen LogP contribution in [-0.2, 0) is 0 Å². The molecule has 0 unspecified atom stereocenters. The van der Waals surface area contributed by atoms with Crippen LogP contribution < -0.4 is 0 Å². The van der Waals surface area contributed by atoms with Gasteiger partial charge in [0.15, 0.2) is 5.78 Å². The minimum absolute atomic E-state index is 0.218. The van der Waals surface area contributed by atoms with E-state index in [4.69, 9.17) is 0 Å². The van der Waals surface area contributed by atoms with Crippen molar-refractivity contribution >= 4 is 11.9 Å². The van der Waals surface area contributed by atoms with E-state index in [2.05, 4.69) is 6.58 Å². The van der Waals surface area contributed by atoms with Crippen LogP contribution in [0.5, 0.6) is 0 Å². The van der Waals surface area contributed by atoms with Gasteiger partial charge in [0.1, 0.15) is 0 Å². The summed E-state index contributed by atoms with van der Waals surface area (Å²) in [5, 5.41) is 0. The van der Waals surface area contributed by atoms with Crippen LogP contribution in [0.3, 0.4) is 0 Å². The monoisotopic (exact) mass is 278 g/mol. The first-order chi connectivity index (χ1) is 9.69. The second-order valence-electron chi connectivity index (χ2n) is 3.45. The third-order valence-electron chi connectivity index (χ3n) is 2.30. The molecule has 0 fully saturated rings. The van der Waals surface area contributed by atoms with Crippen molar-refractivity contribution in [3.8, 4) is 0 Å². The van der Waals surface area contributed by atoms with Gasteiger partial charge in [0.2, 0.25) is 0 Å². The van der Waals surface area contributed by atoms with Crippen LogP contribution in [-0.4, -0.2) is 5.78 Å². The predicted molar refractivity (Wildman–Crippen MR) is 94.6 cm³/mol. The van der Waals surface area contributed by atoms with Gasteiger partial charge in [-0.15, -0.1) is 0 Å². The van der Waals surface area contributed by atoms with Gasteiger partial charge < -0.3 is 0 Å². The summed E-state index contributed by atoms with van der Waals surface area (Å²) in [5.74, 6) is 0.218. The zero-order valence-electron chi connectivity index (χ0n) is 14.8. The largest absolute Gasteiger partial charge is 0.294 e. The fourth-order valence-corrected chi connectivity index (χ4v) is 1.41. The number of carbonyl (C=O) groups is 1. The highest BCUT2D eigenvalue weighted by molar-refractivity contribution is 5.96. The number of carbonyl (C=O) groups excluding carboxylic acids is 1. The number of ketones is 1. The number of aryl methyl sites for hydroxylation is 1. The quantitative estimate of drug-likeness (QED) is 0.560. The van der Waals surface area contributed by atoms with Crippen LogP contribution in [0.2, 0.25) is 0 Å². The first-order valence-electron chi connectivity index (χ1n) is 7.95. The average Bonchev–Trinajstić information content (AvgIpc) is 2.54. The molecule has 0 aliphatic carbocycles. The summed E-state index contributed by atoms with van der Waals surface area (Å²) in [7, 11) is 0. The predicted octanol–water partition coefficient (Wildman–Crippen LogP) is 6.70. The summed E-state index contributed by atoms with van der Waals surface area (Å²) in [4.78, 5) is 11.6. The molecule has 0 saturated heterocycles. The highest BCUT2D eigenvalue weighted by Crippen LogP contribution is 2.14. The maximum absolute atomic E-state index is 11.6. The second kappa shape index (κ2) is 17.6. The summed E-state index contributed by atoms with van der Waals surface area (Å²) in [6.07, 6.45) is 3.31. The molecule has 0 bridgehead atoms. The Kier molecular flexibility index (Phi) is 20.9. The number of benzene rings is 1. The molecule has 1 heteroatoms. The summed E-state index contributed by atoms with van der Waals surface area (Å²) in [6.45, 7) is 19.8. The Hall–Kier alpha value is -1.37. The molecule has 0 aliphatic heterocycles. The van der Waals surface area contributed by atoms with Crippen molar-refractivity contribution in [3.05, 3.63) is 41.5 Å². The van der Waals surface area contributed by atoms with Gasteiger partial charge in [-0.05, 0) is 30.5 Å². The zero-order valence-corrected chi connectivity index (χ0v) is 14.8.